The molecule has 0 aliphatic heterocycles. The van der Waals surface area contributed by atoms with E-state index in [0.717, 1.165) is 5.56 Å². The first kappa shape index (κ1) is 18.9. The molecule has 0 atom stereocenters. The van der Waals surface area contributed by atoms with Crippen LogP contribution >= 0.6 is 15.9 Å². The molecule has 0 unspecified atom stereocenters. The zero-order valence-electron chi connectivity index (χ0n) is 14.0. The fraction of sp³-hybridized carbons (Fsp3) is 0.235. The number of ether oxygens (including phenoxy) is 4. The van der Waals surface area contributed by atoms with Crippen LogP contribution in [0.5, 0.6) is 11.6 Å². The van der Waals surface area contributed by atoms with Crippen LogP contribution < -0.4 is 9.47 Å². The van der Waals surface area contributed by atoms with Crippen molar-refractivity contribution in [2.45, 2.75) is 0 Å². The quantitative estimate of drug-likeness (QED) is 0.513. The Morgan fingerprint density at radius 1 is 1.16 bits per heavy atom. The van der Waals surface area contributed by atoms with Gasteiger partial charge in [-0.15, -0.1) is 0 Å². The van der Waals surface area contributed by atoms with E-state index >= 15 is 0 Å². The molecule has 0 amide bonds. The number of hydrogen-bond donors (Lipinski definition) is 0. The van der Waals surface area contributed by atoms with Gasteiger partial charge in [-0.3, -0.25) is 4.98 Å². The molecule has 0 spiro atoms. The smallest absolute Gasteiger partial charge is 0.339 e. The maximum Gasteiger partial charge on any atom is 0.339 e. The number of carbonyl (C=O) groups is 1. The fourth-order valence-electron chi connectivity index (χ4n) is 1.89. The Kier molecular flexibility index (Phi) is 6.91. The molecule has 0 N–H and O–H groups in total. The van der Waals surface area contributed by atoms with Crippen molar-refractivity contribution in [3.63, 3.8) is 0 Å². The molecule has 2 heterocycles. The predicted molar refractivity (Wildman–Crippen MR) is 95.5 cm³/mol. The molecule has 25 heavy (non-hydrogen) atoms. The number of methoxy groups -OCH3 is 3. The molecular formula is C17H17BrN2O5. The van der Waals surface area contributed by atoms with Crippen LogP contribution in [0.25, 0.3) is 12.2 Å². The first-order valence-corrected chi connectivity index (χ1v) is 7.96. The van der Waals surface area contributed by atoms with E-state index in [4.69, 9.17) is 14.2 Å². The maximum absolute atomic E-state index is 11.5. The van der Waals surface area contributed by atoms with Gasteiger partial charge in [-0.2, -0.15) is 0 Å². The maximum atomic E-state index is 11.5. The summed E-state index contributed by atoms with van der Waals surface area (Å²) in [5.74, 6) is 0.552. The Morgan fingerprint density at radius 3 is 2.60 bits per heavy atom. The Bertz CT molecular complexity index is 780. The van der Waals surface area contributed by atoms with Crippen molar-refractivity contribution in [3.8, 4) is 11.6 Å². The molecule has 0 bridgehead atoms. The molecule has 2 rings (SSSR count). The minimum absolute atomic E-state index is 0.102. The van der Waals surface area contributed by atoms with Gasteiger partial charge in [0.25, 0.3) is 0 Å². The van der Waals surface area contributed by atoms with E-state index in [9.17, 15) is 4.79 Å². The molecule has 0 fully saturated rings. The van der Waals surface area contributed by atoms with Crippen molar-refractivity contribution >= 4 is 34.1 Å². The molecule has 2 aromatic heterocycles. The van der Waals surface area contributed by atoms with Crippen LogP contribution in [0.1, 0.15) is 21.6 Å². The number of rotatable bonds is 7. The lowest BCUT2D eigenvalue weighted by atomic mass is 10.2. The summed E-state index contributed by atoms with van der Waals surface area (Å²) in [6, 6.07) is 3.38. The number of hydrogen-bond acceptors (Lipinski definition) is 7. The van der Waals surface area contributed by atoms with E-state index < -0.39 is 5.97 Å². The summed E-state index contributed by atoms with van der Waals surface area (Å²) in [5.41, 5.74) is 1.75. The number of carbonyl (C=O) groups excluding carboxylic acids is 1. The Hall–Kier alpha value is -2.45. The SMILES string of the molecule is COCOc1cnc(OC)cc1/C=C/c1ncc(C(=O)OC)cc1Br. The second-order valence-corrected chi connectivity index (χ2v) is 5.59. The van der Waals surface area contributed by atoms with Gasteiger partial charge < -0.3 is 18.9 Å². The summed E-state index contributed by atoms with van der Waals surface area (Å²) in [5, 5.41) is 0. The number of esters is 1. The Labute approximate surface area is 153 Å². The molecule has 0 aromatic carbocycles. The van der Waals surface area contributed by atoms with Gasteiger partial charge in [-0.25, -0.2) is 9.78 Å². The van der Waals surface area contributed by atoms with Gasteiger partial charge in [-0.1, -0.05) is 0 Å². The van der Waals surface area contributed by atoms with Gasteiger partial charge >= 0.3 is 5.97 Å². The van der Waals surface area contributed by atoms with Gasteiger partial charge in [0.05, 0.1) is 31.7 Å². The summed E-state index contributed by atoms with van der Waals surface area (Å²) in [4.78, 5) is 19.9. The summed E-state index contributed by atoms with van der Waals surface area (Å²) >= 11 is 3.40. The first-order valence-electron chi connectivity index (χ1n) is 7.16. The molecule has 0 aliphatic rings. The van der Waals surface area contributed by atoms with E-state index in [1.54, 1.807) is 30.5 Å². The van der Waals surface area contributed by atoms with Crippen molar-refractivity contribution in [1.29, 1.82) is 0 Å². The molecule has 0 radical (unpaired) electrons. The third kappa shape index (κ3) is 5.01. The van der Waals surface area contributed by atoms with Crippen molar-refractivity contribution in [3.05, 3.63) is 45.8 Å². The van der Waals surface area contributed by atoms with Crippen LogP contribution in [-0.4, -0.2) is 44.1 Å². The number of nitrogens with zero attached hydrogens (tertiary/aromatic N) is 2. The third-order valence-electron chi connectivity index (χ3n) is 3.13. The molecule has 2 aromatic rings. The van der Waals surface area contributed by atoms with Crippen molar-refractivity contribution in [2.75, 3.05) is 28.1 Å². The average Bonchev–Trinajstić information content (AvgIpc) is 2.64. The topological polar surface area (TPSA) is 79.8 Å². The second kappa shape index (κ2) is 9.14. The van der Waals surface area contributed by atoms with Gasteiger partial charge in [0.1, 0.15) is 5.75 Å². The van der Waals surface area contributed by atoms with Crippen LogP contribution in [0.2, 0.25) is 0 Å². The van der Waals surface area contributed by atoms with E-state index in [1.807, 2.05) is 0 Å². The molecular weight excluding hydrogens is 392 g/mol. The first-order chi connectivity index (χ1) is 12.1. The Balaban J connectivity index is 2.30. The highest BCUT2D eigenvalue weighted by atomic mass is 79.9. The van der Waals surface area contributed by atoms with E-state index in [2.05, 4.69) is 30.6 Å². The lowest BCUT2D eigenvalue weighted by Gasteiger charge is -2.09. The average molecular weight is 409 g/mol. The molecule has 0 aliphatic carbocycles. The van der Waals surface area contributed by atoms with Crippen molar-refractivity contribution in [2.24, 2.45) is 0 Å². The normalized spacial score (nSPS) is 10.7. The molecule has 7 nitrogen and oxygen atoms in total. The number of halogens is 1. The van der Waals surface area contributed by atoms with Crippen LogP contribution in [-0.2, 0) is 9.47 Å². The van der Waals surface area contributed by atoms with Crippen LogP contribution in [0, 0.1) is 0 Å². The highest BCUT2D eigenvalue weighted by Gasteiger charge is 2.09. The van der Waals surface area contributed by atoms with Crippen LogP contribution in [0.3, 0.4) is 0 Å². The van der Waals surface area contributed by atoms with E-state index in [0.29, 0.717) is 27.4 Å². The third-order valence-corrected chi connectivity index (χ3v) is 3.76. The van der Waals surface area contributed by atoms with Crippen molar-refractivity contribution < 1.29 is 23.7 Å². The second-order valence-electron chi connectivity index (χ2n) is 4.73. The highest BCUT2D eigenvalue weighted by Crippen LogP contribution is 2.25. The number of aromatic nitrogens is 2. The Morgan fingerprint density at radius 2 is 1.96 bits per heavy atom. The van der Waals surface area contributed by atoms with Crippen molar-refractivity contribution in [1.82, 2.24) is 9.97 Å². The standard InChI is InChI=1S/C17H17BrN2O5/c1-22-10-25-15-9-20-16(23-2)7-11(15)4-5-14-13(18)6-12(8-19-14)17(21)24-3/h4-9H,10H2,1-3H3/b5-4+. The zero-order chi connectivity index (χ0) is 18.2. The number of pyridine rings is 2. The predicted octanol–water partition coefficient (Wildman–Crippen LogP) is 3.19. The zero-order valence-corrected chi connectivity index (χ0v) is 15.6. The highest BCUT2D eigenvalue weighted by molar-refractivity contribution is 9.10. The molecule has 0 saturated heterocycles. The molecule has 0 saturated carbocycles. The summed E-state index contributed by atoms with van der Waals surface area (Å²) in [6.45, 7) is 0.102. The summed E-state index contributed by atoms with van der Waals surface area (Å²) in [7, 11) is 4.40. The van der Waals surface area contributed by atoms with Crippen LogP contribution in [0.15, 0.2) is 29.0 Å². The summed E-state index contributed by atoms with van der Waals surface area (Å²) < 4.78 is 20.9. The van der Waals surface area contributed by atoms with Gasteiger partial charge in [-0.05, 0) is 34.1 Å². The molecule has 132 valence electrons. The summed E-state index contributed by atoms with van der Waals surface area (Å²) in [6.07, 6.45) is 6.59. The lowest BCUT2D eigenvalue weighted by Crippen LogP contribution is -2.02. The lowest BCUT2D eigenvalue weighted by molar-refractivity contribution is 0.0506. The van der Waals surface area contributed by atoms with Gasteiger partial charge in [0.2, 0.25) is 5.88 Å². The molecule has 8 heteroatoms. The van der Waals surface area contributed by atoms with Crippen LogP contribution in [0.4, 0.5) is 0 Å². The van der Waals surface area contributed by atoms with Gasteiger partial charge in [0, 0.05) is 29.4 Å². The van der Waals surface area contributed by atoms with Gasteiger partial charge in [0.15, 0.2) is 6.79 Å². The fourth-order valence-corrected chi connectivity index (χ4v) is 2.37. The monoisotopic (exact) mass is 408 g/mol. The van der Waals surface area contributed by atoms with E-state index in [1.165, 1.54) is 27.5 Å². The largest absolute Gasteiger partial charge is 0.481 e. The van der Waals surface area contributed by atoms with E-state index in [-0.39, 0.29) is 6.79 Å². The minimum atomic E-state index is -0.446. The minimum Gasteiger partial charge on any atom is -0.481 e.